The van der Waals surface area contributed by atoms with Gasteiger partial charge in [0.2, 0.25) is 0 Å². The minimum Gasteiger partial charge on any atom is -0.493 e. The minimum absolute atomic E-state index is 0.0963. The first-order valence-corrected chi connectivity index (χ1v) is 7.71. The molecule has 0 saturated heterocycles. The molecule has 6 nitrogen and oxygen atoms in total. The Morgan fingerprint density at radius 3 is 3.00 bits per heavy atom. The molecule has 0 bridgehead atoms. The summed E-state index contributed by atoms with van der Waals surface area (Å²) in [4.78, 5) is 16.5. The lowest BCUT2D eigenvalue weighted by molar-refractivity contribution is 0.0915. The van der Waals surface area contributed by atoms with Gasteiger partial charge >= 0.3 is 0 Å². The highest BCUT2D eigenvalue weighted by atomic mass is 16.5. The SMILES string of the molecule is O=C(N[C@H]1CCOc2ccccc21)c1cc(-c2cccnc2)on1. The van der Waals surface area contributed by atoms with Crippen molar-refractivity contribution in [2.24, 2.45) is 0 Å². The Labute approximate surface area is 138 Å². The zero-order valence-corrected chi connectivity index (χ0v) is 12.8. The fourth-order valence-corrected chi connectivity index (χ4v) is 2.75. The van der Waals surface area contributed by atoms with Crippen molar-refractivity contribution in [3.05, 3.63) is 66.1 Å². The highest BCUT2D eigenvalue weighted by Gasteiger charge is 2.24. The number of hydrogen-bond acceptors (Lipinski definition) is 5. The monoisotopic (exact) mass is 321 g/mol. The number of pyridine rings is 1. The van der Waals surface area contributed by atoms with Gasteiger partial charge in [0.15, 0.2) is 11.5 Å². The predicted octanol–water partition coefficient (Wildman–Crippen LogP) is 2.99. The number of fused-ring (bicyclic) bond motifs is 1. The van der Waals surface area contributed by atoms with E-state index in [0.717, 1.165) is 23.3 Å². The Balaban J connectivity index is 1.53. The molecule has 1 aliphatic heterocycles. The topological polar surface area (TPSA) is 77.2 Å². The van der Waals surface area contributed by atoms with Crippen LogP contribution in [0.25, 0.3) is 11.3 Å². The van der Waals surface area contributed by atoms with Crippen molar-refractivity contribution in [1.29, 1.82) is 0 Å². The number of rotatable bonds is 3. The molecule has 0 radical (unpaired) electrons. The maximum atomic E-state index is 12.5. The smallest absolute Gasteiger partial charge is 0.273 e. The highest BCUT2D eigenvalue weighted by Crippen LogP contribution is 2.31. The van der Waals surface area contributed by atoms with E-state index in [1.165, 1.54) is 0 Å². The number of aromatic nitrogens is 2. The normalized spacial score (nSPS) is 16.1. The molecule has 1 atom stereocenters. The average molecular weight is 321 g/mol. The fourth-order valence-electron chi connectivity index (χ4n) is 2.75. The third-order valence-corrected chi connectivity index (χ3v) is 3.95. The summed E-state index contributed by atoms with van der Waals surface area (Å²) < 4.78 is 10.9. The molecule has 6 heteroatoms. The van der Waals surface area contributed by atoms with Crippen LogP contribution in [-0.4, -0.2) is 22.7 Å². The second kappa shape index (κ2) is 6.16. The molecule has 0 unspecified atom stereocenters. The Kier molecular flexibility index (Phi) is 3.70. The number of carbonyl (C=O) groups excluding carboxylic acids is 1. The summed E-state index contributed by atoms with van der Waals surface area (Å²) in [5.74, 6) is 1.06. The van der Waals surface area contributed by atoms with E-state index >= 15 is 0 Å². The Morgan fingerprint density at radius 1 is 1.21 bits per heavy atom. The zero-order chi connectivity index (χ0) is 16.4. The number of amides is 1. The summed E-state index contributed by atoms with van der Waals surface area (Å²) in [7, 11) is 0. The van der Waals surface area contributed by atoms with Crippen molar-refractivity contribution in [3.63, 3.8) is 0 Å². The van der Waals surface area contributed by atoms with Crippen LogP contribution in [0.1, 0.15) is 28.5 Å². The van der Waals surface area contributed by atoms with Crippen LogP contribution in [0.5, 0.6) is 5.75 Å². The largest absolute Gasteiger partial charge is 0.493 e. The first-order chi connectivity index (χ1) is 11.8. The lowest BCUT2D eigenvalue weighted by Crippen LogP contribution is -2.32. The molecule has 0 aliphatic carbocycles. The number of nitrogens with zero attached hydrogens (tertiary/aromatic N) is 2. The van der Waals surface area contributed by atoms with Gasteiger partial charge in [-0.2, -0.15) is 0 Å². The van der Waals surface area contributed by atoms with Gasteiger partial charge in [0, 0.05) is 36.0 Å². The molecule has 4 rings (SSSR count). The van der Waals surface area contributed by atoms with Crippen molar-refractivity contribution in [1.82, 2.24) is 15.5 Å². The van der Waals surface area contributed by atoms with Gasteiger partial charge in [0.1, 0.15) is 5.75 Å². The molecular weight excluding hydrogens is 306 g/mol. The van der Waals surface area contributed by atoms with Crippen molar-refractivity contribution >= 4 is 5.91 Å². The van der Waals surface area contributed by atoms with Gasteiger partial charge in [-0.15, -0.1) is 0 Å². The molecule has 0 saturated carbocycles. The standard InChI is InChI=1S/C18H15N3O3/c22-18(15-10-17(24-21-15)12-4-3-8-19-11-12)20-14-7-9-23-16-6-2-1-5-13(14)16/h1-6,8,10-11,14H,7,9H2,(H,20,22)/t14-/m0/s1. The van der Waals surface area contributed by atoms with E-state index in [-0.39, 0.29) is 17.6 Å². The molecule has 0 spiro atoms. The molecule has 120 valence electrons. The third-order valence-electron chi connectivity index (χ3n) is 3.95. The molecular formula is C18H15N3O3. The lowest BCUT2D eigenvalue weighted by Gasteiger charge is -2.26. The van der Waals surface area contributed by atoms with E-state index < -0.39 is 0 Å². The number of hydrogen-bond donors (Lipinski definition) is 1. The van der Waals surface area contributed by atoms with Gasteiger partial charge in [0.25, 0.3) is 5.91 Å². The first kappa shape index (κ1) is 14.4. The summed E-state index contributed by atoms with van der Waals surface area (Å²) in [6.07, 6.45) is 4.06. The number of carbonyl (C=O) groups is 1. The molecule has 0 fully saturated rings. The van der Waals surface area contributed by atoms with Crippen LogP contribution < -0.4 is 10.1 Å². The van der Waals surface area contributed by atoms with E-state index in [1.807, 2.05) is 30.3 Å². The molecule has 1 amide bonds. The Hall–Kier alpha value is -3.15. The summed E-state index contributed by atoms with van der Waals surface area (Å²) in [5, 5.41) is 6.87. The summed E-state index contributed by atoms with van der Waals surface area (Å²) >= 11 is 0. The maximum absolute atomic E-state index is 12.5. The van der Waals surface area contributed by atoms with E-state index in [9.17, 15) is 4.79 Å². The quantitative estimate of drug-likeness (QED) is 0.802. The van der Waals surface area contributed by atoms with Gasteiger partial charge < -0.3 is 14.6 Å². The van der Waals surface area contributed by atoms with Gasteiger partial charge in [-0.3, -0.25) is 9.78 Å². The van der Waals surface area contributed by atoms with Crippen molar-refractivity contribution in [2.45, 2.75) is 12.5 Å². The minimum atomic E-state index is -0.268. The molecule has 1 aromatic carbocycles. The van der Waals surface area contributed by atoms with Crippen LogP contribution in [0.3, 0.4) is 0 Å². The summed E-state index contributed by atoms with van der Waals surface area (Å²) in [6, 6.07) is 12.9. The second-order valence-corrected chi connectivity index (χ2v) is 5.52. The third kappa shape index (κ3) is 2.74. The van der Waals surface area contributed by atoms with Crippen molar-refractivity contribution in [3.8, 4) is 17.1 Å². The number of ether oxygens (including phenoxy) is 1. The van der Waals surface area contributed by atoms with E-state index in [4.69, 9.17) is 9.26 Å². The summed E-state index contributed by atoms with van der Waals surface area (Å²) in [5.41, 5.74) is 2.01. The Bertz CT molecular complexity index is 861. The van der Waals surface area contributed by atoms with Crippen LogP contribution in [0.2, 0.25) is 0 Å². The predicted molar refractivity (Wildman–Crippen MR) is 86.5 cm³/mol. The Morgan fingerprint density at radius 2 is 2.12 bits per heavy atom. The molecule has 2 aromatic heterocycles. The molecule has 1 aliphatic rings. The van der Waals surface area contributed by atoms with Gasteiger partial charge in [-0.25, -0.2) is 0 Å². The van der Waals surface area contributed by atoms with Crippen molar-refractivity contribution in [2.75, 3.05) is 6.61 Å². The maximum Gasteiger partial charge on any atom is 0.273 e. The molecule has 24 heavy (non-hydrogen) atoms. The fraction of sp³-hybridized carbons (Fsp3) is 0.167. The number of benzene rings is 1. The van der Waals surface area contributed by atoms with Gasteiger partial charge in [-0.1, -0.05) is 23.4 Å². The molecule has 1 N–H and O–H groups in total. The number of nitrogens with one attached hydrogen (secondary N) is 1. The summed E-state index contributed by atoms with van der Waals surface area (Å²) in [6.45, 7) is 0.571. The van der Waals surface area contributed by atoms with Crippen LogP contribution in [0.4, 0.5) is 0 Å². The van der Waals surface area contributed by atoms with Gasteiger partial charge in [-0.05, 0) is 18.2 Å². The van der Waals surface area contributed by atoms with Gasteiger partial charge in [0.05, 0.1) is 12.6 Å². The highest BCUT2D eigenvalue weighted by molar-refractivity contribution is 5.93. The van der Waals surface area contributed by atoms with E-state index in [1.54, 1.807) is 24.5 Å². The number of para-hydroxylation sites is 1. The van der Waals surface area contributed by atoms with Crippen LogP contribution >= 0.6 is 0 Å². The molecule has 3 aromatic rings. The van der Waals surface area contributed by atoms with Crippen LogP contribution in [-0.2, 0) is 0 Å². The van der Waals surface area contributed by atoms with E-state index in [2.05, 4.69) is 15.5 Å². The first-order valence-electron chi connectivity index (χ1n) is 7.71. The zero-order valence-electron chi connectivity index (χ0n) is 12.8. The second-order valence-electron chi connectivity index (χ2n) is 5.52. The molecule has 3 heterocycles. The lowest BCUT2D eigenvalue weighted by atomic mass is 10.0. The van der Waals surface area contributed by atoms with Crippen molar-refractivity contribution < 1.29 is 14.1 Å². The van der Waals surface area contributed by atoms with Crippen LogP contribution in [0, 0.1) is 0 Å². The average Bonchev–Trinajstić information content (AvgIpc) is 3.13. The van der Waals surface area contributed by atoms with Crippen LogP contribution in [0.15, 0.2) is 59.4 Å². The van der Waals surface area contributed by atoms with E-state index in [0.29, 0.717) is 12.4 Å².